The number of nitrogens with zero attached hydrogens (tertiary/aromatic N) is 1. The Labute approximate surface area is 158 Å². The highest BCUT2D eigenvalue weighted by Crippen LogP contribution is 2.29. The van der Waals surface area contributed by atoms with Crippen LogP contribution >= 0.6 is 0 Å². The lowest BCUT2D eigenvalue weighted by atomic mass is 10.0. The number of urea groups is 1. The summed E-state index contributed by atoms with van der Waals surface area (Å²) in [6, 6.07) is 12.6. The van der Waals surface area contributed by atoms with E-state index >= 15 is 0 Å². The number of nitrogens with one attached hydrogen (secondary N) is 1. The summed E-state index contributed by atoms with van der Waals surface area (Å²) in [7, 11) is 0. The average Bonchev–Trinajstić information content (AvgIpc) is 2.60. The lowest BCUT2D eigenvalue weighted by Crippen LogP contribution is -2.54. The highest BCUT2D eigenvalue weighted by molar-refractivity contribution is 6.38. The molecule has 0 aliphatic carbocycles. The zero-order valence-corrected chi connectivity index (χ0v) is 15.4. The Kier molecular flexibility index (Phi) is 5.03. The number of amides is 4. The van der Waals surface area contributed by atoms with Crippen LogP contribution in [0.1, 0.15) is 22.3 Å². The summed E-state index contributed by atoms with van der Waals surface area (Å²) in [4.78, 5) is 38.5. The van der Waals surface area contributed by atoms with Gasteiger partial charge in [-0.2, -0.15) is 0 Å². The molecule has 5 heteroatoms. The molecule has 0 radical (unpaired) electrons. The highest BCUT2D eigenvalue weighted by atomic mass is 16.2. The zero-order chi connectivity index (χ0) is 19.6. The van der Waals surface area contributed by atoms with Crippen molar-refractivity contribution in [1.29, 1.82) is 0 Å². The van der Waals surface area contributed by atoms with Gasteiger partial charge >= 0.3 is 6.03 Å². The second-order valence-electron chi connectivity index (χ2n) is 6.50. The second kappa shape index (κ2) is 7.41. The number of carbonyl (C=O) groups is 3. The van der Waals surface area contributed by atoms with Gasteiger partial charge in [0.15, 0.2) is 0 Å². The fourth-order valence-corrected chi connectivity index (χ4v) is 3.22. The van der Waals surface area contributed by atoms with E-state index in [1.165, 1.54) is 6.08 Å². The summed E-state index contributed by atoms with van der Waals surface area (Å²) in [6.45, 7) is 5.63. The van der Waals surface area contributed by atoms with Crippen molar-refractivity contribution in [3.05, 3.63) is 82.4 Å². The van der Waals surface area contributed by atoms with Gasteiger partial charge in [0.2, 0.25) is 0 Å². The van der Waals surface area contributed by atoms with Crippen LogP contribution in [0.2, 0.25) is 0 Å². The van der Waals surface area contributed by atoms with E-state index in [1.54, 1.807) is 12.2 Å². The summed E-state index contributed by atoms with van der Waals surface area (Å²) in [5.74, 6) is -1.32. The Morgan fingerprint density at radius 2 is 1.56 bits per heavy atom. The predicted octanol–water partition coefficient (Wildman–Crippen LogP) is 3.83. The molecular weight excluding hydrogens is 340 g/mol. The van der Waals surface area contributed by atoms with Crippen LogP contribution in [0.25, 0.3) is 6.08 Å². The van der Waals surface area contributed by atoms with Crippen LogP contribution in [0, 0.1) is 20.8 Å². The summed E-state index contributed by atoms with van der Waals surface area (Å²) in [5.41, 5.74) is 4.00. The summed E-state index contributed by atoms with van der Waals surface area (Å²) in [6.07, 6.45) is 4.85. The monoisotopic (exact) mass is 360 g/mol. The molecule has 0 bridgehead atoms. The molecule has 0 saturated carbocycles. The maximum Gasteiger partial charge on any atom is 0.335 e. The van der Waals surface area contributed by atoms with E-state index in [9.17, 15) is 14.4 Å². The van der Waals surface area contributed by atoms with Crippen LogP contribution in [0.4, 0.5) is 10.5 Å². The average molecular weight is 360 g/mol. The minimum atomic E-state index is -0.732. The Hall–Kier alpha value is -3.47. The van der Waals surface area contributed by atoms with Gasteiger partial charge in [0.25, 0.3) is 11.8 Å². The molecule has 4 amide bonds. The van der Waals surface area contributed by atoms with Gasteiger partial charge in [0.1, 0.15) is 5.57 Å². The van der Waals surface area contributed by atoms with E-state index in [1.807, 2.05) is 63.2 Å². The molecule has 0 aromatic heterocycles. The molecular formula is C22H20N2O3. The summed E-state index contributed by atoms with van der Waals surface area (Å²) < 4.78 is 0. The number of allylic oxidation sites excluding steroid dienone is 2. The molecule has 1 aliphatic rings. The molecule has 27 heavy (non-hydrogen) atoms. The molecule has 1 heterocycles. The molecule has 3 rings (SSSR count). The number of hydrogen-bond acceptors (Lipinski definition) is 3. The quantitative estimate of drug-likeness (QED) is 0.668. The van der Waals surface area contributed by atoms with Crippen LogP contribution in [-0.2, 0) is 9.59 Å². The highest BCUT2D eigenvalue weighted by Gasteiger charge is 2.37. The van der Waals surface area contributed by atoms with E-state index < -0.39 is 17.8 Å². The third-order valence-corrected chi connectivity index (χ3v) is 4.31. The maximum absolute atomic E-state index is 12.9. The van der Waals surface area contributed by atoms with Crippen molar-refractivity contribution >= 4 is 29.6 Å². The van der Waals surface area contributed by atoms with Crippen molar-refractivity contribution in [1.82, 2.24) is 5.32 Å². The Morgan fingerprint density at radius 1 is 0.926 bits per heavy atom. The number of barbiturate groups is 1. The summed E-state index contributed by atoms with van der Waals surface area (Å²) in [5, 5.41) is 2.25. The molecule has 2 aromatic rings. The van der Waals surface area contributed by atoms with Crippen molar-refractivity contribution in [2.24, 2.45) is 0 Å². The molecule has 1 aliphatic heterocycles. The van der Waals surface area contributed by atoms with Gasteiger partial charge in [-0.3, -0.25) is 14.9 Å². The van der Waals surface area contributed by atoms with Crippen LogP contribution in [-0.4, -0.2) is 17.8 Å². The number of benzene rings is 2. The van der Waals surface area contributed by atoms with Gasteiger partial charge in [-0.05, 0) is 43.5 Å². The first-order valence-electron chi connectivity index (χ1n) is 8.59. The molecule has 1 saturated heterocycles. The van der Waals surface area contributed by atoms with Gasteiger partial charge in [-0.1, -0.05) is 60.2 Å². The lowest BCUT2D eigenvalue weighted by Gasteiger charge is -2.29. The number of anilines is 1. The molecule has 0 unspecified atom stereocenters. The Balaban J connectivity index is 1.97. The van der Waals surface area contributed by atoms with Crippen molar-refractivity contribution < 1.29 is 14.4 Å². The standard InChI is InChI=1S/C22H20N2O3/c1-14-12-15(2)19(16(3)13-14)24-21(26)18(20(25)23-22(24)27)11-7-10-17-8-5-4-6-9-17/h4-13H,1-3H3,(H,23,25,27)/b10-7+,18-11+. The normalized spacial score (nSPS) is 16.3. The molecule has 1 fully saturated rings. The largest absolute Gasteiger partial charge is 0.335 e. The van der Waals surface area contributed by atoms with E-state index in [-0.39, 0.29) is 5.57 Å². The number of imide groups is 2. The van der Waals surface area contributed by atoms with Crippen LogP contribution in [0.15, 0.2) is 60.2 Å². The lowest BCUT2D eigenvalue weighted by molar-refractivity contribution is -0.122. The van der Waals surface area contributed by atoms with Gasteiger partial charge in [-0.15, -0.1) is 0 Å². The first-order valence-corrected chi connectivity index (χ1v) is 8.59. The zero-order valence-electron chi connectivity index (χ0n) is 15.4. The topological polar surface area (TPSA) is 66.5 Å². The van der Waals surface area contributed by atoms with Gasteiger partial charge in [-0.25, -0.2) is 9.69 Å². The molecule has 0 spiro atoms. The fourth-order valence-electron chi connectivity index (χ4n) is 3.22. The van der Waals surface area contributed by atoms with Gasteiger partial charge in [0.05, 0.1) is 5.69 Å². The minimum absolute atomic E-state index is 0.0823. The van der Waals surface area contributed by atoms with E-state index in [0.29, 0.717) is 5.69 Å². The fraction of sp³-hybridized carbons (Fsp3) is 0.136. The second-order valence-corrected chi connectivity index (χ2v) is 6.50. The third kappa shape index (κ3) is 3.72. The smallest absolute Gasteiger partial charge is 0.273 e. The van der Waals surface area contributed by atoms with E-state index in [4.69, 9.17) is 0 Å². The SMILES string of the molecule is Cc1cc(C)c(N2C(=O)NC(=O)/C(=C\C=C\c3ccccc3)C2=O)c(C)c1. The molecule has 1 N–H and O–H groups in total. The van der Waals surface area contributed by atoms with Crippen molar-refractivity contribution in [2.75, 3.05) is 4.90 Å². The van der Waals surface area contributed by atoms with E-state index in [2.05, 4.69) is 5.32 Å². The van der Waals surface area contributed by atoms with Crippen LogP contribution < -0.4 is 10.2 Å². The first-order chi connectivity index (χ1) is 12.9. The minimum Gasteiger partial charge on any atom is -0.273 e. The molecule has 5 nitrogen and oxygen atoms in total. The third-order valence-electron chi connectivity index (χ3n) is 4.31. The Bertz CT molecular complexity index is 965. The van der Waals surface area contributed by atoms with Crippen molar-refractivity contribution in [3.63, 3.8) is 0 Å². The molecule has 2 aromatic carbocycles. The number of aryl methyl sites for hydroxylation is 3. The number of carbonyl (C=O) groups excluding carboxylic acids is 3. The summed E-state index contributed by atoms with van der Waals surface area (Å²) >= 11 is 0. The molecule has 136 valence electrons. The van der Waals surface area contributed by atoms with Crippen molar-refractivity contribution in [2.45, 2.75) is 20.8 Å². The number of rotatable bonds is 3. The van der Waals surface area contributed by atoms with Crippen LogP contribution in [0.5, 0.6) is 0 Å². The number of hydrogen-bond donors (Lipinski definition) is 1. The van der Waals surface area contributed by atoms with Crippen molar-refractivity contribution in [3.8, 4) is 0 Å². The predicted molar refractivity (Wildman–Crippen MR) is 105 cm³/mol. The van der Waals surface area contributed by atoms with Gasteiger partial charge in [0, 0.05) is 0 Å². The Morgan fingerprint density at radius 3 is 2.19 bits per heavy atom. The van der Waals surface area contributed by atoms with Crippen LogP contribution in [0.3, 0.4) is 0 Å². The first kappa shape index (κ1) is 18.3. The molecule has 0 atom stereocenters. The maximum atomic E-state index is 12.9. The van der Waals surface area contributed by atoms with Gasteiger partial charge < -0.3 is 0 Å². The van der Waals surface area contributed by atoms with E-state index in [0.717, 1.165) is 27.2 Å².